The Balaban J connectivity index is 1.37. The predicted octanol–water partition coefficient (Wildman–Crippen LogP) is 6.83. The van der Waals surface area contributed by atoms with Gasteiger partial charge in [0.1, 0.15) is 0 Å². The second-order valence-corrected chi connectivity index (χ2v) is 13.2. The zero-order valence-corrected chi connectivity index (χ0v) is 22.1. The lowest BCUT2D eigenvalue weighted by Gasteiger charge is -2.53. The molecule has 0 saturated heterocycles. The molecule has 0 spiro atoms. The first-order valence-corrected chi connectivity index (χ1v) is 13.5. The third-order valence-electron chi connectivity index (χ3n) is 9.67. The Kier molecular flexibility index (Phi) is 5.81. The van der Waals surface area contributed by atoms with Gasteiger partial charge in [0.05, 0.1) is 5.56 Å². The van der Waals surface area contributed by atoms with Crippen LogP contribution in [0.25, 0.3) is 5.57 Å². The summed E-state index contributed by atoms with van der Waals surface area (Å²) in [4.78, 5) is 27.4. The van der Waals surface area contributed by atoms with E-state index >= 15 is 0 Å². The number of carbonyl (C=O) groups is 2. The summed E-state index contributed by atoms with van der Waals surface area (Å²) in [6.45, 7) is 13.0. The molecule has 1 N–H and O–H groups in total. The Bertz CT molecular complexity index is 1080. The molecule has 5 rings (SSSR count). The minimum atomic E-state index is -0.898. The molecule has 2 fully saturated rings. The zero-order valence-electron chi connectivity index (χ0n) is 22.1. The third-order valence-corrected chi connectivity index (χ3v) is 9.67. The first-order chi connectivity index (χ1) is 16.4. The van der Waals surface area contributed by atoms with Crippen molar-refractivity contribution < 1.29 is 14.7 Å². The number of aromatic carboxylic acids is 1. The Morgan fingerprint density at radius 2 is 1.57 bits per heavy atom. The number of amides is 1. The van der Waals surface area contributed by atoms with E-state index in [2.05, 4.69) is 51.7 Å². The lowest BCUT2D eigenvalue weighted by Crippen LogP contribution is -2.54. The molecular weight excluding hydrogens is 434 g/mol. The molecule has 1 heterocycles. The molecule has 188 valence electrons. The van der Waals surface area contributed by atoms with Gasteiger partial charge >= 0.3 is 5.97 Å². The topological polar surface area (TPSA) is 57.6 Å². The molecule has 1 aromatic carbocycles. The van der Waals surface area contributed by atoms with E-state index in [1.165, 1.54) is 30.4 Å². The number of carbonyl (C=O) groups excluding carboxylic acids is 1. The lowest BCUT2D eigenvalue weighted by molar-refractivity contribution is -0.148. The molecule has 3 atom stereocenters. The number of benzene rings is 1. The number of allylic oxidation sites excluding steroid dienone is 2. The summed E-state index contributed by atoms with van der Waals surface area (Å²) >= 11 is 0. The second kappa shape index (κ2) is 8.35. The highest BCUT2D eigenvalue weighted by molar-refractivity contribution is 5.88. The highest BCUT2D eigenvalue weighted by Gasteiger charge is 2.50. The van der Waals surface area contributed by atoms with Gasteiger partial charge in [-0.3, -0.25) is 4.79 Å². The van der Waals surface area contributed by atoms with Crippen LogP contribution < -0.4 is 0 Å². The van der Waals surface area contributed by atoms with E-state index in [4.69, 9.17) is 0 Å². The van der Waals surface area contributed by atoms with Gasteiger partial charge < -0.3 is 10.0 Å². The maximum Gasteiger partial charge on any atom is 0.335 e. The average Bonchev–Trinajstić information content (AvgIpc) is 2.77. The van der Waals surface area contributed by atoms with Crippen molar-refractivity contribution in [3.8, 4) is 0 Å². The van der Waals surface area contributed by atoms with Gasteiger partial charge in [-0.1, -0.05) is 64.5 Å². The van der Waals surface area contributed by atoms with Crippen LogP contribution in [0.15, 0.2) is 42.0 Å². The quantitative estimate of drug-likeness (QED) is 0.488. The van der Waals surface area contributed by atoms with Crippen molar-refractivity contribution in [3.05, 3.63) is 53.1 Å². The Labute approximate surface area is 210 Å². The van der Waals surface area contributed by atoms with Gasteiger partial charge in [-0.25, -0.2) is 4.79 Å². The first-order valence-electron chi connectivity index (χ1n) is 13.5. The van der Waals surface area contributed by atoms with Gasteiger partial charge in [0.15, 0.2) is 0 Å². The van der Waals surface area contributed by atoms with Crippen molar-refractivity contribution in [1.82, 2.24) is 4.90 Å². The van der Waals surface area contributed by atoms with E-state index in [0.29, 0.717) is 29.9 Å². The van der Waals surface area contributed by atoms with E-state index in [0.717, 1.165) is 37.3 Å². The van der Waals surface area contributed by atoms with Crippen molar-refractivity contribution in [1.29, 1.82) is 0 Å². The van der Waals surface area contributed by atoms with Gasteiger partial charge in [0.2, 0.25) is 5.91 Å². The normalized spacial score (nSPS) is 36.0. The fraction of sp³-hybridized carbons (Fsp3) is 0.613. The fourth-order valence-corrected chi connectivity index (χ4v) is 8.50. The molecule has 1 amide bonds. The molecule has 4 aliphatic rings. The molecule has 3 aliphatic carbocycles. The number of hydrogen-bond donors (Lipinski definition) is 1. The summed E-state index contributed by atoms with van der Waals surface area (Å²) < 4.78 is 0. The van der Waals surface area contributed by atoms with Gasteiger partial charge in [-0.2, -0.15) is 0 Å². The van der Waals surface area contributed by atoms with Crippen LogP contribution in [0, 0.1) is 34.0 Å². The fourth-order valence-electron chi connectivity index (χ4n) is 8.50. The van der Waals surface area contributed by atoms with Crippen molar-refractivity contribution in [2.75, 3.05) is 13.1 Å². The molecule has 2 bridgehead atoms. The van der Waals surface area contributed by atoms with Crippen LogP contribution in [0.5, 0.6) is 0 Å². The number of fused-ring (bicyclic) bond motifs is 3. The molecule has 0 radical (unpaired) electrons. The summed E-state index contributed by atoms with van der Waals surface area (Å²) in [6, 6.07) is 7.25. The van der Waals surface area contributed by atoms with E-state index in [-0.39, 0.29) is 16.2 Å². The van der Waals surface area contributed by atoms with Crippen LogP contribution in [0.2, 0.25) is 0 Å². The number of rotatable bonds is 3. The predicted molar refractivity (Wildman–Crippen MR) is 140 cm³/mol. The zero-order chi connectivity index (χ0) is 25.2. The van der Waals surface area contributed by atoms with Crippen molar-refractivity contribution >= 4 is 17.4 Å². The smallest absolute Gasteiger partial charge is 0.335 e. The van der Waals surface area contributed by atoms with Crippen LogP contribution in [0.3, 0.4) is 0 Å². The molecule has 4 nitrogen and oxygen atoms in total. The van der Waals surface area contributed by atoms with Crippen molar-refractivity contribution in [2.45, 2.75) is 73.1 Å². The van der Waals surface area contributed by atoms with Gasteiger partial charge in [0, 0.05) is 29.3 Å². The lowest BCUT2D eigenvalue weighted by atomic mass is 9.57. The van der Waals surface area contributed by atoms with Gasteiger partial charge in [-0.15, -0.1) is 0 Å². The standard InChI is InChI=1S/C31H41NO3/c1-20-14-21-16-22(15-20)18-31(5,17-21)28(35)32-13-11-26-29(2,3)25(10-12-30(26,4)19-32)23-6-8-24(9-7-23)27(33)34/h6-11,20-22H,12-19H2,1-5H3,(H,33,34)/t20?,21?,22?,30-,31?/m1/s1. The number of nitrogens with zero attached hydrogens (tertiary/aromatic N) is 1. The highest BCUT2D eigenvalue weighted by Crippen LogP contribution is 2.56. The summed E-state index contributed by atoms with van der Waals surface area (Å²) in [6.07, 6.45) is 11.6. The van der Waals surface area contributed by atoms with E-state index in [1.54, 1.807) is 12.1 Å². The highest BCUT2D eigenvalue weighted by atomic mass is 16.4. The molecule has 1 aliphatic heterocycles. The van der Waals surface area contributed by atoms with Crippen LogP contribution in [-0.4, -0.2) is 35.0 Å². The van der Waals surface area contributed by atoms with Crippen molar-refractivity contribution in [3.63, 3.8) is 0 Å². The Morgan fingerprint density at radius 1 is 0.943 bits per heavy atom. The minimum absolute atomic E-state index is 0.0721. The largest absolute Gasteiger partial charge is 0.478 e. The Hall–Kier alpha value is -2.36. The summed E-state index contributed by atoms with van der Waals surface area (Å²) in [5.41, 5.74) is 3.59. The summed E-state index contributed by atoms with van der Waals surface area (Å²) in [7, 11) is 0. The van der Waals surface area contributed by atoms with Gasteiger partial charge in [0.25, 0.3) is 0 Å². The second-order valence-electron chi connectivity index (χ2n) is 13.2. The van der Waals surface area contributed by atoms with Crippen LogP contribution >= 0.6 is 0 Å². The number of hydrogen-bond acceptors (Lipinski definition) is 2. The van der Waals surface area contributed by atoms with Crippen molar-refractivity contribution in [2.24, 2.45) is 34.0 Å². The average molecular weight is 476 g/mol. The Morgan fingerprint density at radius 3 is 2.17 bits per heavy atom. The van der Waals surface area contributed by atoms with Crippen LogP contribution in [-0.2, 0) is 4.79 Å². The third kappa shape index (κ3) is 4.17. The minimum Gasteiger partial charge on any atom is -0.478 e. The maximum absolute atomic E-state index is 14.0. The monoisotopic (exact) mass is 475 g/mol. The van der Waals surface area contributed by atoms with E-state index < -0.39 is 5.97 Å². The molecule has 1 aromatic rings. The van der Waals surface area contributed by atoms with Crippen LogP contribution in [0.1, 0.15) is 89.1 Å². The molecule has 2 unspecified atom stereocenters. The van der Waals surface area contributed by atoms with E-state index in [1.807, 2.05) is 12.1 Å². The van der Waals surface area contributed by atoms with Crippen LogP contribution in [0.4, 0.5) is 0 Å². The molecule has 0 aromatic heterocycles. The SMILES string of the molecule is CC1CC2CC(C1)CC(C)(C(=O)N1CC=C3C(C)(C)C(c4ccc(C(=O)O)cc4)=CC[C@]3(C)C1)C2. The van der Waals surface area contributed by atoms with Gasteiger partial charge in [-0.05, 0) is 79.5 Å². The number of carboxylic acid groups (broad SMARTS) is 1. The maximum atomic E-state index is 14.0. The first kappa shape index (κ1) is 24.3. The van der Waals surface area contributed by atoms with E-state index in [9.17, 15) is 14.7 Å². The molecule has 2 saturated carbocycles. The summed E-state index contributed by atoms with van der Waals surface area (Å²) in [5.74, 6) is 1.71. The molecular formula is C31H41NO3. The molecule has 4 heteroatoms. The summed E-state index contributed by atoms with van der Waals surface area (Å²) in [5, 5.41) is 9.26. The molecule has 35 heavy (non-hydrogen) atoms. The number of carboxylic acids is 1.